The van der Waals surface area contributed by atoms with Gasteiger partial charge in [-0.15, -0.1) is 23.5 Å². The number of hydrogen-bond donors (Lipinski definition) is 1. The summed E-state index contributed by atoms with van der Waals surface area (Å²) in [5.74, 6) is 4.39. The molecule has 4 rings (SSSR count). The largest absolute Gasteiger partial charge is 0.326 e. The molecule has 124 valence electrons. The fourth-order valence-corrected chi connectivity index (χ4v) is 8.66. The van der Waals surface area contributed by atoms with Crippen LogP contribution in [-0.4, -0.2) is 21.5 Å². The van der Waals surface area contributed by atoms with Crippen molar-refractivity contribution in [3.63, 3.8) is 0 Å². The molecule has 1 spiro atoms. The summed E-state index contributed by atoms with van der Waals surface area (Å²) in [5.41, 5.74) is 0.856. The Kier molecular flexibility index (Phi) is 4.59. The van der Waals surface area contributed by atoms with E-state index in [1.807, 2.05) is 24.3 Å². The molecule has 2 unspecified atom stereocenters. The highest BCUT2D eigenvalue weighted by atomic mass is 35.5. The number of benzene rings is 1. The summed E-state index contributed by atoms with van der Waals surface area (Å²) >= 11 is 10.3. The first kappa shape index (κ1) is 16.2. The highest BCUT2D eigenvalue weighted by molar-refractivity contribution is 8.21. The third-order valence-electron chi connectivity index (χ3n) is 5.60. The van der Waals surface area contributed by atoms with Crippen molar-refractivity contribution in [2.45, 2.75) is 36.2 Å². The van der Waals surface area contributed by atoms with Crippen LogP contribution in [0.2, 0.25) is 5.02 Å². The highest BCUT2D eigenvalue weighted by Crippen LogP contribution is 2.64. The van der Waals surface area contributed by atoms with Gasteiger partial charge in [-0.1, -0.05) is 18.0 Å². The molecule has 5 heteroatoms. The maximum absolute atomic E-state index is 12.7. The van der Waals surface area contributed by atoms with E-state index in [1.54, 1.807) is 0 Å². The van der Waals surface area contributed by atoms with E-state index in [0.29, 0.717) is 20.9 Å². The number of hydrogen-bond acceptors (Lipinski definition) is 3. The lowest BCUT2D eigenvalue weighted by Gasteiger charge is -2.52. The molecule has 2 aliphatic carbocycles. The number of halogens is 1. The Labute approximate surface area is 151 Å². The lowest BCUT2D eigenvalue weighted by Crippen LogP contribution is -2.48. The number of rotatable bonds is 2. The van der Waals surface area contributed by atoms with Crippen LogP contribution in [0.15, 0.2) is 24.3 Å². The molecule has 1 aromatic rings. The van der Waals surface area contributed by atoms with Crippen LogP contribution in [0, 0.1) is 17.8 Å². The maximum atomic E-state index is 12.7. The van der Waals surface area contributed by atoms with Crippen molar-refractivity contribution in [1.82, 2.24) is 0 Å². The van der Waals surface area contributed by atoms with Gasteiger partial charge in [0.2, 0.25) is 5.91 Å². The number of carbonyl (C=O) groups excluding carboxylic acids is 1. The fraction of sp³-hybridized carbons (Fsp3) is 0.611. The van der Waals surface area contributed by atoms with Crippen LogP contribution in [0.4, 0.5) is 5.69 Å². The standard InChI is InChI=1S/C18H22ClNOS2/c19-15-4-6-16(7-5-15)20-17(21)12-10-13-2-1-3-14(11-12)18(13)22-8-9-23-18/h4-7,12-14H,1-3,8-11H2,(H,20,21). The minimum atomic E-state index is 0.174. The predicted octanol–water partition coefficient (Wildman–Crippen LogP) is 5.28. The molecule has 3 aliphatic rings. The third-order valence-corrected chi connectivity index (χ3v) is 9.87. The topological polar surface area (TPSA) is 29.1 Å². The Morgan fingerprint density at radius 3 is 2.30 bits per heavy atom. The average Bonchev–Trinajstić information content (AvgIpc) is 2.99. The SMILES string of the molecule is O=C(Nc1ccc(Cl)cc1)C1CC2CCCC(C1)C21SCCS1. The second kappa shape index (κ2) is 6.53. The Morgan fingerprint density at radius 1 is 1.09 bits per heavy atom. The van der Waals surface area contributed by atoms with Gasteiger partial charge in [-0.3, -0.25) is 4.79 Å². The molecular formula is C18H22ClNOS2. The van der Waals surface area contributed by atoms with Crippen LogP contribution in [-0.2, 0) is 4.79 Å². The van der Waals surface area contributed by atoms with E-state index < -0.39 is 0 Å². The van der Waals surface area contributed by atoms with Crippen molar-refractivity contribution >= 4 is 46.7 Å². The van der Waals surface area contributed by atoms with E-state index in [2.05, 4.69) is 28.8 Å². The van der Waals surface area contributed by atoms with Gasteiger partial charge < -0.3 is 5.32 Å². The van der Waals surface area contributed by atoms with Crippen molar-refractivity contribution < 1.29 is 4.79 Å². The number of thioether (sulfide) groups is 2. The number of carbonyl (C=O) groups is 1. The predicted molar refractivity (Wildman–Crippen MR) is 101 cm³/mol. The molecule has 2 bridgehead atoms. The Balaban J connectivity index is 1.46. The van der Waals surface area contributed by atoms with E-state index in [-0.39, 0.29) is 11.8 Å². The van der Waals surface area contributed by atoms with Gasteiger partial charge in [-0.25, -0.2) is 0 Å². The normalized spacial score (nSPS) is 32.0. The van der Waals surface area contributed by atoms with E-state index in [1.165, 1.54) is 30.8 Å². The summed E-state index contributed by atoms with van der Waals surface area (Å²) < 4.78 is 0.440. The van der Waals surface area contributed by atoms with E-state index >= 15 is 0 Å². The van der Waals surface area contributed by atoms with Gasteiger partial charge >= 0.3 is 0 Å². The number of anilines is 1. The zero-order valence-corrected chi connectivity index (χ0v) is 15.5. The van der Waals surface area contributed by atoms with Gasteiger partial charge in [-0.2, -0.15) is 0 Å². The molecule has 2 nitrogen and oxygen atoms in total. The van der Waals surface area contributed by atoms with Crippen molar-refractivity contribution in [2.24, 2.45) is 17.8 Å². The summed E-state index contributed by atoms with van der Waals surface area (Å²) in [7, 11) is 0. The van der Waals surface area contributed by atoms with Gasteiger partial charge in [0.15, 0.2) is 0 Å². The highest BCUT2D eigenvalue weighted by Gasteiger charge is 2.55. The summed E-state index contributed by atoms with van der Waals surface area (Å²) in [5, 5.41) is 3.80. The minimum Gasteiger partial charge on any atom is -0.326 e. The molecule has 1 saturated heterocycles. The first-order valence-corrected chi connectivity index (χ1v) is 10.9. The second-order valence-electron chi connectivity index (χ2n) is 6.91. The van der Waals surface area contributed by atoms with Gasteiger partial charge in [0.05, 0.1) is 4.08 Å². The van der Waals surface area contributed by atoms with Crippen LogP contribution in [0.5, 0.6) is 0 Å². The smallest absolute Gasteiger partial charge is 0.227 e. The Bertz CT molecular complexity index is 569. The van der Waals surface area contributed by atoms with E-state index in [4.69, 9.17) is 11.6 Å². The molecule has 0 aromatic heterocycles. The minimum absolute atomic E-state index is 0.174. The summed E-state index contributed by atoms with van der Waals surface area (Å²) in [6.07, 6.45) is 6.10. The third kappa shape index (κ3) is 3.03. The fourth-order valence-electron chi connectivity index (χ4n) is 4.60. The van der Waals surface area contributed by atoms with Crippen molar-refractivity contribution in [3.05, 3.63) is 29.3 Å². The molecule has 0 radical (unpaired) electrons. The molecule has 1 heterocycles. The van der Waals surface area contributed by atoms with Crippen LogP contribution < -0.4 is 5.32 Å². The molecular weight excluding hydrogens is 346 g/mol. The summed E-state index contributed by atoms with van der Waals surface area (Å²) in [4.78, 5) is 12.7. The van der Waals surface area contributed by atoms with Crippen molar-refractivity contribution in [2.75, 3.05) is 16.8 Å². The van der Waals surface area contributed by atoms with Crippen molar-refractivity contribution in [1.29, 1.82) is 0 Å². The van der Waals surface area contributed by atoms with Gasteiger partial charge in [-0.05, 0) is 61.8 Å². The monoisotopic (exact) mass is 367 g/mol. The average molecular weight is 368 g/mol. The molecule has 23 heavy (non-hydrogen) atoms. The first-order valence-electron chi connectivity index (χ1n) is 8.52. The van der Waals surface area contributed by atoms with Crippen LogP contribution in [0.25, 0.3) is 0 Å². The maximum Gasteiger partial charge on any atom is 0.227 e. The van der Waals surface area contributed by atoms with Crippen LogP contribution in [0.1, 0.15) is 32.1 Å². The van der Waals surface area contributed by atoms with E-state index in [9.17, 15) is 4.79 Å². The van der Waals surface area contributed by atoms with Crippen LogP contribution >= 0.6 is 35.1 Å². The number of amides is 1. The van der Waals surface area contributed by atoms with E-state index in [0.717, 1.165) is 18.5 Å². The van der Waals surface area contributed by atoms with Gasteiger partial charge in [0.1, 0.15) is 0 Å². The zero-order valence-electron chi connectivity index (χ0n) is 13.1. The second-order valence-corrected chi connectivity index (χ2v) is 10.3. The van der Waals surface area contributed by atoms with Crippen LogP contribution in [0.3, 0.4) is 0 Å². The molecule has 2 atom stereocenters. The Hall–Kier alpha value is -0.320. The molecule has 1 amide bonds. The number of nitrogens with one attached hydrogen (secondary N) is 1. The van der Waals surface area contributed by atoms with Gasteiger partial charge in [0.25, 0.3) is 0 Å². The molecule has 2 saturated carbocycles. The molecule has 1 aromatic carbocycles. The first-order chi connectivity index (χ1) is 11.2. The lowest BCUT2D eigenvalue weighted by atomic mass is 9.67. The quantitative estimate of drug-likeness (QED) is 0.770. The summed E-state index contributed by atoms with van der Waals surface area (Å²) in [6.45, 7) is 0. The molecule has 1 aliphatic heterocycles. The Morgan fingerprint density at radius 2 is 1.70 bits per heavy atom. The zero-order chi connectivity index (χ0) is 15.9. The lowest BCUT2D eigenvalue weighted by molar-refractivity contribution is -0.122. The van der Waals surface area contributed by atoms with Gasteiger partial charge in [0, 0.05) is 28.1 Å². The van der Waals surface area contributed by atoms with Crippen molar-refractivity contribution in [3.8, 4) is 0 Å². The molecule has 3 fully saturated rings. The summed E-state index contributed by atoms with van der Waals surface area (Å²) in [6, 6.07) is 7.42. The molecule has 1 N–H and O–H groups in total.